The van der Waals surface area contributed by atoms with Crippen molar-refractivity contribution in [3.63, 3.8) is 0 Å². The van der Waals surface area contributed by atoms with Gasteiger partial charge < -0.3 is 5.73 Å². The smallest absolute Gasteiger partial charge is 0.351 e. The summed E-state index contributed by atoms with van der Waals surface area (Å²) in [6, 6.07) is -1.24. The summed E-state index contributed by atoms with van der Waals surface area (Å²) in [4.78, 5) is 20.5. The topological polar surface area (TPSA) is 144 Å². The van der Waals surface area contributed by atoms with E-state index >= 15 is 0 Å². The Morgan fingerprint density at radius 3 is 2.27 bits per heavy atom. The van der Waals surface area contributed by atoms with Crippen molar-refractivity contribution >= 4 is 16.2 Å². The van der Waals surface area contributed by atoms with Gasteiger partial charge in [-0.05, 0) is 0 Å². The van der Waals surface area contributed by atoms with Gasteiger partial charge in [0.25, 0.3) is 0 Å². The van der Waals surface area contributed by atoms with Crippen LogP contribution in [0.25, 0.3) is 0 Å². The highest BCUT2D eigenvalue weighted by atomic mass is 32.2. The molecule has 0 aromatic carbocycles. The second-order valence-corrected chi connectivity index (χ2v) is 2.74. The number of carbonyl (C=O) groups is 1. The number of urea groups is 1. The van der Waals surface area contributed by atoms with E-state index in [9.17, 15) is 23.3 Å². The van der Waals surface area contributed by atoms with Crippen molar-refractivity contribution in [2.45, 2.75) is 0 Å². The van der Waals surface area contributed by atoms with E-state index in [1.54, 1.807) is 0 Å². The largest absolute Gasteiger partial charge is 0.513 e. The van der Waals surface area contributed by atoms with Gasteiger partial charge >= 0.3 is 16.2 Å². The fourth-order valence-electron chi connectivity index (χ4n) is 0.152. The lowest BCUT2D eigenvalue weighted by Gasteiger charge is -1.96. The average molecular weight is 184 g/mol. The first kappa shape index (κ1) is 9.58. The van der Waals surface area contributed by atoms with Crippen LogP contribution < -0.4 is 16.0 Å². The molecule has 0 aliphatic carbocycles. The summed E-state index contributed by atoms with van der Waals surface area (Å²) < 4.78 is 18.7. The van der Waals surface area contributed by atoms with E-state index in [1.165, 1.54) is 5.43 Å². The van der Waals surface area contributed by atoms with Crippen LogP contribution in [-0.2, 0) is 10.2 Å². The maximum Gasteiger partial charge on any atom is 0.513 e. The van der Waals surface area contributed by atoms with Crippen LogP contribution in [0.5, 0.6) is 0 Å². The standard InChI is InChI=1S/CH4N4O5S/c2-1(6)3-4-11(9,10)5(7)8/h4H,(H3,2,3,6). The Labute approximate surface area is 60.9 Å². The number of primary amides is 1. The molecular weight excluding hydrogens is 180 g/mol. The molecule has 2 amide bonds. The van der Waals surface area contributed by atoms with Crippen molar-refractivity contribution in [1.29, 1.82) is 0 Å². The molecule has 0 fully saturated rings. The Kier molecular flexibility index (Phi) is 2.71. The van der Waals surface area contributed by atoms with Gasteiger partial charge in [0.2, 0.25) is 0 Å². The third-order valence-electron chi connectivity index (χ3n) is 0.499. The number of nitro groups is 1. The first-order valence-corrected chi connectivity index (χ1v) is 3.52. The van der Waals surface area contributed by atoms with Crippen molar-refractivity contribution in [3.8, 4) is 0 Å². The van der Waals surface area contributed by atoms with Crippen LogP contribution in [0, 0.1) is 10.1 Å². The molecule has 0 aliphatic heterocycles. The van der Waals surface area contributed by atoms with Crippen molar-refractivity contribution in [2.24, 2.45) is 5.73 Å². The average Bonchev–Trinajstić information content (AvgIpc) is 1.84. The molecule has 9 nitrogen and oxygen atoms in total. The third-order valence-corrected chi connectivity index (χ3v) is 1.25. The summed E-state index contributed by atoms with van der Waals surface area (Å²) in [6.45, 7) is 0. The lowest BCUT2D eigenvalue weighted by Crippen LogP contribution is -2.46. The fourth-order valence-corrected chi connectivity index (χ4v) is 0.456. The van der Waals surface area contributed by atoms with Gasteiger partial charge in [0.05, 0.1) is 0 Å². The highest BCUT2D eigenvalue weighted by Crippen LogP contribution is 1.79. The molecule has 0 atom stereocenters. The fraction of sp³-hybridized carbons (Fsp3) is 0. The molecule has 0 rings (SSSR count). The second kappa shape index (κ2) is 3.12. The van der Waals surface area contributed by atoms with Crippen molar-refractivity contribution in [2.75, 3.05) is 0 Å². The monoisotopic (exact) mass is 184 g/mol. The molecule has 10 heteroatoms. The van der Waals surface area contributed by atoms with Gasteiger partial charge in [-0.3, -0.25) is 5.43 Å². The van der Waals surface area contributed by atoms with Crippen LogP contribution in [0.1, 0.15) is 0 Å². The molecule has 0 aromatic heterocycles. The van der Waals surface area contributed by atoms with E-state index in [1.807, 2.05) is 0 Å². The van der Waals surface area contributed by atoms with Gasteiger partial charge in [-0.2, -0.15) is 0 Å². The molecule has 0 bridgehead atoms. The van der Waals surface area contributed by atoms with E-state index in [0.29, 0.717) is 0 Å². The molecule has 0 heterocycles. The number of nitrogens with zero attached hydrogens (tertiary/aromatic N) is 1. The number of rotatable bonds is 3. The van der Waals surface area contributed by atoms with Crippen LogP contribution in [0.2, 0.25) is 0 Å². The van der Waals surface area contributed by atoms with E-state index in [2.05, 4.69) is 5.73 Å². The van der Waals surface area contributed by atoms with Gasteiger partial charge in [0.1, 0.15) is 0 Å². The molecule has 0 saturated heterocycles. The first-order chi connectivity index (χ1) is 4.86. The Bertz CT molecular complexity index is 266. The van der Waals surface area contributed by atoms with Crippen molar-refractivity contribution in [3.05, 3.63) is 10.1 Å². The number of amides is 2. The quantitative estimate of drug-likeness (QED) is 0.333. The maximum absolute atomic E-state index is 10.2. The summed E-state index contributed by atoms with van der Waals surface area (Å²) in [6.07, 6.45) is 0. The highest BCUT2D eigenvalue weighted by molar-refractivity contribution is 7.83. The Morgan fingerprint density at radius 2 is 2.00 bits per heavy atom. The van der Waals surface area contributed by atoms with Crippen molar-refractivity contribution < 1.29 is 17.5 Å². The molecule has 11 heavy (non-hydrogen) atoms. The van der Waals surface area contributed by atoms with Gasteiger partial charge in [-0.15, -0.1) is 8.42 Å². The van der Waals surface area contributed by atoms with E-state index in [0.717, 1.165) is 4.83 Å². The Morgan fingerprint density at radius 1 is 1.55 bits per heavy atom. The molecule has 64 valence electrons. The summed E-state index contributed by atoms with van der Waals surface area (Å²) in [5, 5.41) is 9.60. The summed E-state index contributed by atoms with van der Waals surface area (Å²) in [7, 11) is -4.73. The number of hydrazine groups is 1. The molecule has 0 aromatic rings. The lowest BCUT2D eigenvalue weighted by atomic mass is 11.2. The zero-order valence-electron chi connectivity index (χ0n) is 4.97. The minimum absolute atomic E-state index is 1.11. The molecule has 0 aliphatic rings. The minimum Gasteiger partial charge on any atom is -0.351 e. The molecule has 4 N–H and O–H groups in total. The predicted octanol–water partition coefficient (Wildman–Crippen LogP) is -2.32. The van der Waals surface area contributed by atoms with E-state index in [4.69, 9.17) is 0 Å². The number of carbonyl (C=O) groups excluding carboxylic acids is 1. The lowest BCUT2D eigenvalue weighted by molar-refractivity contribution is -0.307. The molecular formula is CH4N4O5S. The van der Waals surface area contributed by atoms with Crippen LogP contribution in [-0.4, -0.2) is 18.8 Å². The van der Waals surface area contributed by atoms with Crippen LogP contribution >= 0.6 is 0 Å². The highest BCUT2D eigenvalue weighted by Gasteiger charge is 2.22. The molecule has 0 saturated carbocycles. The molecule has 0 radical (unpaired) electrons. The third kappa shape index (κ3) is 3.32. The van der Waals surface area contributed by atoms with E-state index in [-0.39, 0.29) is 0 Å². The van der Waals surface area contributed by atoms with Gasteiger partial charge in [0, 0.05) is 0 Å². The molecule has 0 spiro atoms. The number of nitrogens with two attached hydrogens (primary N) is 1. The second-order valence-electron chi connectivity index (χ2n) is 1.29. The zero-order chi connectivity index (χ0) is 9.07. The minimum atomic E-state index is -4.73. The van der Waals surface area contributed by atoms with Crippen molar-refractivity contribution in [1.82, 2.24) is 10.3 Å². The van der Waals surface area contributed by atoms with Crippen LogP contribution in [0.15, 0.2) is 0 Å². The normalized spacial score (nSPS) is 10.5. The van der Waals surface area contributed by atoms with Gasteiger partial charge in [-0.25, -0.2) is 14.9 Å². The van der Waals surface area contributed by atoms with Crippen LogP contribution in [0.4, 0.5) is 4.79 Å². The number of hydrogen-bond donors (Lipinski definition) is 3. The maximum atomic E-state index is 10.2. The van der Waals surface area contributed by atoms with Crippen LogP contribution in [0.3, 0.4) is 0 Å². The zero-order valence-corrected chi connectivity index (χ0v) is 5.79. The SMILES string of the molecule is NC(=O)NNS(=O)(=O)[N+](=O)[O-]. The van der Waals surface area contributed by atoms with Gasteiger partial charge in [0.15, 0.2) is 4.33 Å². The Balaban J connectivity index is 4.17. The van der Waals surface area contributed by atoms with E-state index < -0.39 is 20.6 Å². The number of nitrogens with one attached hydrogen (secondary N) is 2. The summed E-state index contributed by atoms with van der Waals surface area (Å²) >= 11 is 0. The Hall–Kier alpha value is -1.42. The molecule has 0 unspecified atom stereocenters. The van der Waals surface area contributed by atoms with Gasteiger partial charge in [-0.1, -0.05) is 4.83 Å². The first-order valence-electron chi connectivity index (χ1n) is 2.08. The summed E-state index contributed by atoms with van der Waals surface area (Å²) in [5.74, 6) is 0. The number of hydrogen-bond acceptors (Lipinski definition) is 5. The predicted molar refractivity (Wildman–Crippen MR) is 31.8 cm³/mol. The summed E-state index contributed by atoms with van der Waals surface area (Å²) in [5.41, 5.74) is 5.73.